The zero-order valence-corrected chi connectivity index (χ0v) is 7.45. The molecule has 1 saturated heterocycles. The van der Waals surface area contributed by atoms with Crippen molar-refractivity contribution >= 4 is 0 Å². The van der Waals surface area contributed by atoms with E-state index in [0.29, 0.717) is 6.61 Å². The summed E-state index contributed by atoms with van der Waals surface area (Å²) in [5.74, 6) is -0.899. The Morgan fingerprint density at radius 2 is 2.33 bits per heavy atom. The van der Waals surface area contributed by atoms with Gasteiger partial charge in [0.05, 0.1) is 12.7 Å². The molecule has 1 aliphatic rings. The second kappa shape index (κ2) is 4.18. The Morgan fingerprint density at radius 1 is 1.58 bits per heavy atom. The Morgan fingerprint density at radius 3 is 2.83 bits per heavy atom. The van der Waals surface area contributed by atoms with Crippen LogP contribution < -0.4 is 5.73 Å². The van der Waals surface area contributed by atoms with E-state index in [2.05, 4.69) is 0 Å². The smallest absolute Gasteiger partial charge is 0.222 e. The third kappa shape index (κ3) is 3.06. The van der Waals surface area contributed by atoms with E-state index in [4.69, 9.17) is 20.3 Å². The van der Waals surface area contributed by atoms with Crippen molar-refractivity contribution in [2.75, 3.05) is 13.2 Å². The van der Waals surface area contributed by atoms with Crippen molar-refractivity contribution in [3.8, 4) is 0 Å². The van der Waals surface area contributed by atoms with Crippen LogP contribution in [0.15, 0.2) is 0 Å². The second-order valence-corrected chi connectivity index (χ2v) is 3.29. The van der Waals surface area contributed by atoms with Crippen molar-refractivity contribution in [1.82, 2.24) is 0 Å². The first-order valence-electron chi connectivity index (χ1n) is 4.35. The van der Waals surface area contributed by atoms with Gasteiger partial charge >= 0.3 is 0 Å². The van der Waals surface area contributed by atoms with Crippen LogP contribution in [0.1, 0.15) is 26.2 Å². The number of aliphatic hydroxyl groups excluding tert-OH is 1. The molecule has 1 aliphatic heterocycles. The Hall–Kier alpha value is -0.160. The van der Waals surface area contributed by atoms with Crippen molar-refractivity contribution in [2.24, 2.45) is 5.73 Å². The predicted molar refractivity (Wildman–Crippen MR) is 44.4 cm³/mol. The molecule has 2 atom stereocenters. The standard InChI is InChI=1S/C8H17NO3/c1-8(9)11-6-7(12-8)4-2-3-5-10/h7,10H,2-6,9H2,1H3. The van der Waals surface area contributed by atoms with Gasteiger partial charge in [0.25, 0.3) is 0 Å². The quantitative estimate of drug-likeness (QED) is 0.599. The van der Waals surface area contributed by atoms with Gasteiger partial charge in [-0.15, -0.1) is 0 Å². The van der Waals surface area contributed by atoms with E-state index in [1.54, 1.807) is 6.92 Å². The highest BCUT2D eigenvalue weighted by Crippen LogP contribution is 2.20. The predicted octanol–water partition coefficient (Wildman–Crippen LogP) is 0.197. The molecule has 0 amide bonds. The topological polar surface area (TPSA) is 64.7 Å². The van der Waals surface area contributed by atoms with Gasteiger partial charge in [-0.3, -0.25) is 5.73 Å². The minimum Gasteiger partial charge on any atom is -0.396 e. The van der Waals surface area contributed by atoms with Gasteiger partial charge in [-0.1, -0.05) is 0 Å². The van der Waals surface area contributed by atoms with E-state index in [9.17, 15) is 0 Å². The Bertz CT molecular complexity index is 138. The molecule has 2 unspecified atom stereocenters. The van der Waals surface area contributed by atoms with Crippen LogP contribution in [0.4, 0.5) is 0 Å². The molecule has 72 valence electrons. The summed E-state index contributed by atoms with van der Waals surface area (Å²) in [5, 5.41) is 8.55. The summed E-state index contributed by atoms with van der Waals surface area (Å²) in [6.45, 7) is 2.52. The number of hydrogen-bond donors (Lipinski definition) is 2. The van der Waals surface area contributed by atoms with Crippen molar-refractivity contribution in [1.29, 1.82) is 0 Å². The molecule has 1 rings (SSSR count). The minimum atomic E-state index is -0.899. The summed E-state index contributed by atoms with van der Waals surface area (Å²) < 4.78 is 10.5. The van der Waals surface area contributed by atoms with Crippen LogP contribution in [-0.4, -0.2) is 30.3 Å². The lowest BCUT2D eigenvalue weighted by molar-refractivity contribution is -0.149. The fourth-order valence-electron chi connectivity index (χ4n) is 1.28. The number of hydrogen-bond acceptors (Lipinski definition) is 4. The molecule has 1 heterocycles. The summed E-state index contributed by atoms with van der Waals surface area (Å²) in [4.78, 5) is 0. The van der Waals surface area contributed by atoms with Gasteiger partial charge < -0.3 is 14.6 Å². The number of aliphatic hydroxyl groups is 1. The molecule has 1 fully saturated rings. The Labute approximate surface area is 72.6 Å². The fraction of sp³-hybridized carbons (Fsp3) is 1.00. The van der Waals surface area contributed by atoms with Crippen LogP contribution in [0, 0.1) is 0 Å². The largest absolute Gasteiger partial charge is 0.396 e. The Balaban J connectivity index is 2.11. The molecule has 0 aromatic rings. The third-order valence-electron chi connectivity index (χ3n) is 1.89. The molecular weight excluding hydrogens is 158 g/mol. The van der Waals surface area contributed by atoms with Crippen LogP contribution in [0.25, 0.3) is 0 Å². The average molecular weight is 175 g/mol. The molecule has 4 nitrogen and oxygen atoms in total. The Kier molecular flexibility index (Phi) is 3.46. The van der Waals surface area contributed by atoms with E-state index in [1.807, 2.05) is 0 Å². The maximum atomic E-state index is 8.55. The molecule has 0 aliphatic carbocycles. The number of nitrogens with two attached hydrogens (primary N) is 1. The van der Waals surface area contributed by atoms with Crippen molar-refractivity contribution in [3.63, 3.8) is 0 Å². The van der Waals surface area contributed by atoms with Crippen molar-refractivity contribution in [2.45, 2.75) is 38.2 Å². The maximum absolute atomic E-state index is 8.55. The molecule has 0 saturated carbocycles. The highest BCUT2D eigenvalue weighted by Gasteiger charge is 2.32. The van der Waals surface area contributed by atoms with Gasteiger partial charge in [0.15, 0.2) is 0 Å². The van der Waals surface area contributed by atoms with E-state index in [0.717, 1.165) is 19.3 Å². The number of ether oxygens (including phenoxy) is 2. The minimum absolute atomic E-state index is 0.103. The SMILES string of the molecule is CC1(N)OCC(CCCCO)O1. The fourth-order valence-corrected chi connectivity index (χ4v) is 1.28. The zero-order valence-electron chi connectivity index (χ0n) is 7.45. The van der Waals surface area contributed by atoms with Crippen LogP contribution in [0.5, 0.6) is 0 Å². The molecule has 0 aromatic heterocycles. The lowest BCUT2D eigenvalue weighted by Gasteiger charge is -2.16. The first-order chi connectivity index (χ1) is 5.64. The molecule has 0 bridgehead atoms. The van der Waals surface area contributed by atoms with E-state index in [-0.39, 0.29) is 12.7 Å². The first kappa shape index (κ1) is 9.92. The van der Waals surface area contributed by atoms with Crippen molar-refractivity contribution in [3.05, 3.63) is 0 Å². The highest BCUT2D eigenvalue weighted by molar-refractivity contribution is 4.69. The van der Waals surface area contributed by atoms with E-state index in [1.165, 1.54) is 0 Å². The van der Waals surface area contributed by atoms with Gasteiger partial charge in [-0.05, 0) is 19.3 Å². The molecule has 0 aromatic carbocycles. The third-order valence-corrected chi connectivity index (χ3v) is 1.89. The van der Waals surface area contributed by atoms with Crippen LogP contribution in [-0.2, 0) is 9.47 Å². The summed E-state index contributed by atoms with van der Waals surface area (Å²) in [6.07, 6.45) is 2.79. The molecule has 4 heteroatoms. The molecular formula is C8H17NO3. The average Bonchev–Trinajstić information content (AvgIpc) is 2.31. The molecule has 12 heavy (non-hydrogen) atoms. The highest BCUT2D eigenvalue weighted by atomic mass is 16.8. The molecule has 0 spiro atoms. The summed E-state index contributed by atoms with van der Waals surface area (Å²) in [5.41, 5.74) is 5.58. The van der Waals surface area contributed by atoms with E-state index >= 15 is 0 Å². The lowest BCUT2D eigenvalue weighted by atomic mass is 10.2. The normalized spacial score (nSPS) is 35.8. The van der Waals surface area contributed by atoms with E-state index < -0.39 is 5.91 Å². The molecule has 0 radical (unpaired) electrons. The second-order valence-electron chi connectivity index (χ2n) is 3.29. The summed E-state index contributed by atoms with van der Waals surface area (Å²) >= 11 is 0. The van der Waals surface area contributed by atoms with Gasteiger partial charge in [0.1, 0.15) is 0 Å². The van der Waals surface area contributed by atoms with Gasteiger partial charge in [-0.2, -0.15) is 0 Å². The van der Waals surface area contributed by atoms with Gasteiger partial charge in [-0.25, -0.2) is 0 Å². The van der Waals surface area contributed by atoms with Crippen molar-refractivity contribution < 1.29 is 14.6 Å². The maximum Gasteiger partial charge on any atom is 0.222 e. The van der Waals surface area contributed by atoms with Gasteiger partial charge in [0, 0.05) is 13.5 Å². The van der Waals surface area contributed by atoms with Gasteiger partial charge in [0.2, 0.25) is 5.91 Å². The van der Waals surface area contributed by atoms with Crippen LogP contribution >= 0.6 is 0 Å². The monoisotopic (exact) mass is 175 g/mol. The lowest BCUT2D eigenvalue weighted by Crippen LogP contribution is -2.37. The number of rotatable bonds is 4. The zero-order chi connectivity index (χ0) is 9.03. The van der Waals surface area contributed by atoms with Crippen LogP contribution in [0.2, 0.25) is 0 Å². The first-order valence-corrected chi connectivity index (χ1v) is 4.35. The van der Waals surface area contributed by atoms with Crippen LogP contribution in [0.3, 0.4) is 0 Å². The summed E-state index contributed by atoms with van der Waals surface area (Å²) in [6, 6.07) is 0. The summed E-state index contributed by atoms with van der Waals surface area (Å²) in [7, 11) is 0. The molecule has 3 N–H and O–H groups in total. The number of unbranched alkanes of at least 4 members (excludes halogenated alkanes) is 1.